The Balaban J connectivity index is 2.96. The van der Waals surface area contributed by atoms with Crippen molar-refractivity contribution in [2.24, 2.45) is 0 Å². The normalized spacial score (nSPS) is 12.9. The summed E-state index contributed by atoms with van der Waals surface area (Å²) in [5, 5.41) is 19.5. The van der Waals surface area contributed by atoms with Crippen LogP contribution < -0.4 is 10.5 Å². The largest absolute Gasteiger partial charge is 0.398 e. The summed E-state index contributed by atoms with van der Waals surface area (Å²) in [5.41, 5.74) is 4.50. The van der Waals surface area contributed by atoms with Crippen molar-refractivity contribution in [3.8, 4) is 0 Å². The number of aliphatic hydroxyl groups excluding tert-OH is 2. The number of nitrogens with two attached hydrogens (primary N) is 1. The van der Waals surface area contributed by atoms with Gasteiger partial charge in [0.05, 0.1) is 18.8 Å². The Bertz CT molecular complexity index is 450. The van der Waals surface area contributed by atoms with E-state index in [1.807, 2.05) is 0 Å². The maximum absolute atomic E-state index is 11.8. The van der Waals surface area contributed by atoms with Gasteiger partial charge in [0, 0.05) is 11.1 Å². The number of thiophene rings is 1. The van der Waals surface area contributed by atoms with Crippen molar-refractivity contribution in [1.82, 2.24) is 4.72 Å². The molecule has 5 N–H and O–H groups in total. The SMILES string of the molecule is CC(CO)(CO)NS(=O)(=O)c1cc(N)cs1. The van der Waals surface area contributed by atoms with Crippen LogP contribution in [0.2, 0.25) is 0 Å². The van der Waals surface area contributed by atoms with Crippen LogP contribution in [0.5, 0.6) is 0 Å². The number of anilines is 1. The van der Waals surface area contributed by atoms with Gasteiger partial charge in [0.1, 0.15) is 4.21 Å². The van der Waals surface area contributed by atoms with Crippen LogP contribution in [-0.2, 0) is 10.0 Å². The molecule has 0 bridgehead atoms. The zero-order chi connectivity index (χ0) is 12.4. The van der Waals surface area contributed by atoms with E-state index in [0.717, 1.165) is 11.3 Å². The predicted octanol–water partition coefficient (Wildman–Crippen LogP) is -0.648. The third-order valence-corrected chi connectivity index (χ3v) is 5.04. The lowest BCUT2D eigenvalue weighted by Gasteiger charge is -2.25. The van der Waals surface area contributed by atoms with Gasteiger partial charge in [-0.3, -0.25) is 0 Å². The van der Waals surface area contributed by atoms with Gasteiger partial charge in [-0.15, -0.1) is 11.3 Å². The van der Waals surface area contributed by atoms with E-state index in [4.69, 9.17) is 15.9 Å². The molecule has 6 nitrogen and oxygen atoms in total. The lowest BCUT2D eigenvalue weighted by atomic mass is 10.1. The Morgan fingerprint density at radius 2 is 2.06 bits per heavy atom. The van der Waals surface area contributed by atoms with E-state index in [9.17, 15) is 8.42 Å². The number of hydrogen-bond acceptors (Lipinski definition) is 6. The standard InChI is InChI=1S/C8H14N2O4S2/c1-8(4-11,5-12)10-16(13,14)7-2-6(9)3-15-7/h2-3,10-12H,4-5,9H2,1H3. The highest BCUT2D eigenvalue weighted by molar-refractivity contribution is 7.91. The Hall–Kier alpha value is -0.670. The molecule has 1 aromatic heterocycles. The molecule has 0 atom stereocenters. The summed E-state index contributed by atoms with van der Waals surface area (Å²) in [4.78, 5) is 0. The molecular formula is C8H14N2O4S2. The average molecular weight is 266 g/mol. The van der Waals surface area contributed by atoms with Crippen LogP contribution in [0.1, 0.15) is 6.92 Å². The first-order valence-electron chi connectivity index (χ1n) is 4.43. The molecule has 16 heavy (non-hydrogen) atoms. The zero-order valence-corrected chi connectivity index (χ0v) is 10.3. The molecule has 0 aliphatic carbocycles. The van der Waals surface area contributed by atoms with Crippen molar-refractivity contribution in [2.45, 2.75) is 16.7 Å². The van der Waals surface area contributed by atoms with Crippen LogP contribution in [0.25, 0.3) is 0 Å². The molecule has 0 saturated heterocycles. The van der Waals surface area contributed by atoms with Gasteiger partial charge < -0.3 is 15.9 Å². The molecule has 0 fully saturated rings. The average Bonchev–Trinajstić information content (AvgIpc) is 2.65. The Labute approximate surface area is 97.8 Å². The second-order valence-corrected chi connectivity index (χ2v) is 6.50. The van der Waals surface area contributed by atoms with Crippen LogP contribution in [-0.4, -0.2) is 37.4 Å². The lowest BCUT2D eigenvalue weighted by Crippen LogP contribution is -2.51. The van der Waals surface area contributed by atoms with Crippen LogP contribution in [0.3, 0.4) is 0 Å². The van der Waals surface area contributed by atoms with Crippen molar-refractivity contribution in [3.05, 3.63) is 11.4 Å². The summed E-state index contributed by atoms with van der Waals surface area (Å²) < 4.78 is 25.9. The van der Waals surface area contributed by atoms with Gasteiger partial charge >= 0.3 is 0 Å². The van der Waals surface area contributed by atoms with E-state index in [2.05, 4.69) is 4.72 Å². The number of rotatable bonds is 5. The molecule has 0 radical (unpaired) electrons. The van der Waals surface area contributed by atoms with Crippen molar-refractivity contribution >= 4 is 27.0 Å². The molecule has 0 spiro atoms. The van der Waals surface area contributed by atoms with Crippen molar-refractivity contribution < 1.29 is 18.6 Å². The minimum absolute atomic E-state index is 0.0538. The molecule has 8 heteroatoms. The van der Waals surface area contributed by atoms with Gasteiger partial charge in [0.25, 0.3) is 10.0 Å². The van der Waals surface area contributed by atoms with E-state index in [0.29, 0.717) is 5.69 Å². The molecule has 0 amide bonds. The van der Waals surface area contributed by atoms with E-state index >= 15 is 0 Å². The van der Waals surface area contributed by atoms with Crippen LogP contribution in [0.4, 0.5) is 5.69 Å². The summed E-state index contributed by atoms with van der Waals surface area (Å²) in [6.07, 6.45) is 0. The van der Waals surface area contributed by atoms with Gasteiger partial charge in [0.15, 0.2) is 0 Å². The second-order valence-electron chi connectivity index (χ2n) is 3.68. The van der Waals surface area contributed by atoms with Crippen molar-refractivity contribution in [1.29, 1.82) is 0 Å². The number of nitrogen functional groups attached to an aromatic ring is 1. The molecule has 0 aliphatic rings. The molecule has 0 aliphatic heterocycles. The molecule has 0 unspecified atom stereocenters. The van der Waals surface area contributed by atoms with E-state index in [1.54, 1.807) is 0 Å². The van der Waals surface area contributed by atoms with Gasteiger partial charge in [-0.25, -0.2) is 8.42 Å². The van der Waals surface area contributed by atoms with Crippen molar-refractivity contribution in [3.63, 3.8) is 0 Å². The Morgan fingerprint density at radius 1 is 1.50 bits per heavy atom. The molecule has 92 valence electrons. The van der Waals surface area contributed by atoms with Gasteiger partial charge in [-0.2, -0.15) is 4.72 Å². The summed E-state index contributed by atoms with van der Waals surface area (Å²) in [6.45, 7) is 0.411. The monoisotopic (exact) mass is 266 g/mol. The third kappa shape index (κ3) is 2.92. The molecule has 1 heterocycles. The minimum Gasteiger partial charge on any atom is -0.398 e. The van der Waals surface area contributed by atoms with Crippen molar-refractivity contribution in [2.75, 3.05) is 18.9 Å². The first-order valence-corrected chi connectivity index (χ1v) is 6.79. The van der Waals surface area contributed by atoms with E-state index < -0.39 is 28.8 Å². The number of sulfonamides is 1. The highest BCUT2D eigenvalue weighted by atomic mass is 32.2. The zero-order valence-electron chi connectivity index (χ0n) is 8.67. The third-order valence-electron chi connectivity index (χ3n) is 1.94. The maximum atomic E-state index is 11.8. The van der Waals surface area contributed by atoms with E-state index in [-0.39, 0.29) is 4.21 Å². The highest BCUT2D eigenvalue weighted by Gasteiger charge is 2.30. The molecule has 0 aromatic carbocycles. The van der Waals surface area contributed by atoms with Gasteiger partial charge in [-0.1, -0.05) is 0 Å². The summed E-state index contributed by atoms with van der Waals surface area (Å²) in [5.74, 6) is 0. The van der Waals surface area contributed by atoms with Crippen LogP contribution in [0, 0.1) is 0 Å². The minimum atomic E-state index is -3.75. The summed E-state index contributed by atoms with van der Waals surface area (Å²) in [7, 11) is -3.75. The van der Waals surface area contributed by atoms with Gasteiger partial charge in [-0.05, 0) is 13.0 Å². The van der Waals surface area contributed by atoms with E-state index in [1.165, 1.54) is 18.4 Å². The number of nitrogens with one attached hydrogen (secondary N) is 1. The number of hydrogen-bond donors (Lipinski definition) is 4. The quantitative estimate of drug-likeness (QED) is 0.566. The molecule has 1 rings (SSSR count). The first kappa shape index (κ1) is 13.4. The fourth-order valence-corrected chi connectivity index (χ4v) is 3.43. The fraction of sp³-hybridized carbons (Fsp3) is 0.500. The number of aliphatic hydroxyl groups is 2. The van der Waals surface area contributed by atoms with Gasteiger partial charge in [0.2, 0.25) is 0 Å². The molecule has 1 aromatic rings. The molecule has 0 saturated carbocycles. The smallest absolute Gasteiger partial charge is 0.250 e. The Kier molecular flexibility index (Phi) is 3.92. The summed E-state index contributed by atoms with van der Waals surface area (Å²) >= 11 is 0.979. The first-order chi connectivity index (χ1) is 7.33. The maximum Gasteiger partial charge on any atom is 0.250 e. The summed E-state index contributed by atoms with van der Waals surface area (Å²) in [6, 6.07) is 1.32. The van der Waals surface area contributed by atoms with Crippen LogP contribution >= 0.6 is 11.3 Å². The molecular weight excluding hydrogens is 252 g/mol. The Morgan fingerprint density at radius 3 is 2.44 bits per heavy atom. The topological polar surface area (TPSA) is 113 Å². The second kappa shape index (κ2) is 4.68. The fourth-order valence-electron chi connectivity index (χ4n) is 0.960. The highest BCUT2D eigenvalue weighted by Crippen LogP contribution is 2.22. The lowest BCUT2D eigenvalue weighted by molar-refractivity contribution is 0.122. The van der Waals surface area contributed by atoms with Crippen LogP contribution in [0.15, 0.2) is 15.7 Å². The predicted molar refractivity (Wildman–Crippen MR) is 61.6 cm³/mol.